The third-order valence-electron chi connectivity index (χ3n) is 8.12. The van der Waals surface area contributed by atoms with Crippen LogP contribution < -0.4 is 9.47 Å². The molecule has 0 atom stereocenters. The molecule has 230 valence electrons. The van der Waals surface area contributed by atoms with Crippen LogP contribution in [-0.2, 0) is 12.0 Å². The number of hydrogen-bond acceptors (Lipinski definition) is 6. The number of hydrogen-bond donors (Lipinski definition) is 2. The lowest BCUT2D eigenvalue weighted by Crippen LogP contribution is -2.42. The Morgan fingerprint density at radius 2 is 1.65 bits per heavy atom. The van der Waals surface area contributed by atoms with Crippen molar-refractivity contribution >= 4 is 23.4 Å². The van der Waals surface area contributed by atoms with Crippen LogP contribution in [0.4, 0.5) is 4.39 Å². The van der Waals surface area contributed by atoms with Crippen LogP contribution in [0, 0.1) is 5.82 Å². The predicted molar refractivity (Wildman–Crippen MR) is 164 cm³/mol. The first-order valence-corrected chi connectivity index (χ1v) is 14.9. The minimum Gasteiger partial charge on any atom is -0.495 e. The molecule has 0 radical (unpaired) electrons. The molecule has 0 bridgehead atoms. The van der Waals surface area contributed by atoms with Crippen molar-refractivity contribution in [2.24, 2.45) is 0 Å². The van der Waals surface area contributed by atoms with Gasteiger partial charge in [-0.25, -0.2) is 9.18 Å². The average Bonchev–Trinajstić information content (AvgIpc) is 2.98. The number of Topliss-reactive ketones (excluding diaryl/α,β-unsaturated/α-hetero) is 1. The van der Waals surface area contributed by atoms with Gasteiger partial charge >= 0.3 is 5.97 Å². The number of carboxylic acids is 1. The standard InChI is InChI=1S/C21H23ClFNO2.C13H16O4/c22-18-7-5-17(6-8-18)21(26)11-14-24(15-12-21)13-1-2-20(25)16-3-9-19(23)10-4-16;1-13(2)7-6-8-10(17-13)5-4-9(12(14)15)11(8)16-3/h3-10,26H,1-2,11-15H2;4-5H,6-7H2,1-3H3,(H,14,15). The van der Waals surface area contributed by atoms with Crippen molar-refractivity contribution in [3.63, 3.8) is 0 Å². The molecule has 2 aliphatic rings. The summed E-state index contributed by atoms with van der Waals surface area (Å²) in [5, 5.41) is 20.6. The molecule has 0 aliphatic carbocycles. The Kier molecular flexibility index (Phi) is 10.5. The van der Waals surface area contributed by atoms with Gasteiger partial charge in [0.25, 0.3) is 0 Å². The van der Waals surface area contributed by atoms with Crippen LogP contribution in [0.3, 0.4) is 0 Å². The number of aromatic carboxylic acids is 1. The summed E-state index contributed by atoms with van der Waals surface area (Å²) in [6, 6.07) is 16.3. The van der Waals surface area contributed by atoms with Gasteiger partial charge in [-0.1, -0.05) is 23.7 Å². The summed E-state index contributed by atoms with van der Waals surface area (Å²) < 4.78 is 23.9. The molecule has 2 N–H and O–H groups in total. The number of ketones is 1. The summed E-state index contributed by atoms with van der Waals surface area (Å²) in [5.74, 6) is -0.120. The molecule has 0 saturated carbocycles. The monoisotopic (exact) mass is 611 g/mol. The van der Waals surface area contributed by atoms with Crippen LogP contribution in [0.15, 0.2) is 60.7 Å². The zero-order valence-corrected chi connectivity index (χ0v) is 25.6. The fourth-order valence-corrected chi connectivity index (χ4v) is 5.68. The molecular formula is C34H39ClFNO6. The van der Waals surface area contributed by atoms with Crippen LogP contribution in [0.25, 0.3) is 0 Å². The number of benzene rings is 3. The first-order chi connectivity index (χ1) is 20.4. The number of halogens is 2. The highest BCUT2D eigenvalue weighted by atomic mass is 35.5. The maximum absolute atomic E-state index is 12.9. The molecule has 0 amide bonds. The molecule has 7 nitrogen and oxygen atoms in total. The van der Waals surface area contributed by atoms with Crippen LogP contribution in [0.5, 0.6) is 11.5 Å². The third kappa shape index (κ3) is 8.34. The molecular weight excluding hydrogens is 573 g/mol. The second-order valence-electron chi connectivity index (χ2n) is 11.7. The molecule has 9 heteroatoms. The van der Waals surface area contributed by atoms with E-state index < -0.39 is 11.6 Å². The topological polar surface area (TPSA) is 96.3 Å². The highest BCUT2D eigenvalue weighted by molar-refractivity contribution is 6.30. The summed E-state index contributed by atoms with van der Waals surface area (Å²) in [6.45, 7) is 6.46. The smallest absolute Gasteiger partial charge is 0.339 e. The Bertz CT molecular complexity index is 1420. The maximum Gasteiger partial charge on any atom is 0.339 e. The van der Waals surface area contributed by atoms with Gasteiger partial charge in [-0.2, -0.15) is 0 Å². The van der Waals surface area contributed by atoms with Gasteiger partial charge in [-0.05, 0) is 107 Å². The highest BCUT2D eigenvalue weighted by Gasteiger charge is 2.34. The van der Waals surface area contributed by atoms with Gasteiger partial charge in [0.15, 0.2) is 5.78 Å². The Morgan fingerprint density at radius 3 is 2.26 bits per heavy atom. The summed E-state index contributed by atoms with van der Waals surface area (Å²) in [4.78, 5) is 25.5. The van der Waals surface area contributed by atoms with Crippen molar-refractivity contribution < 1.29 is 33.7 Å². The average molecular weight is 612 g/mol. The summed E-state index contributed by atoms with van der Waals surface area (Å²) >= 11 is 5.92. The number of carbonyl (C=O) groups excluding carboxylic acids is 1. The van der Waals surface area contributed by atoms with E-state index in [1.807, 2.05) is 38.1 Å². The maximum atomic E-state index is 12.9. The Hall–Kier alpha value is -3.46. The minimum atomic E-state index is -0.977. The largest absolute Gasteiger partial charge is 0.495 e. The normalized spacial score (nSPS) is 17.1. The predicted octanol–water partition coefficient (Wildman–Crippen LogP) is 6.92. The number of methoxy groups -OCH3 is 1. The van der Waals surface area contributed by atoms with Crippen molar-refractivity contribution in [1.82, 2.24) is 4.90 Å². The van der Waals surface area contributed by atoms with E-state index in [0.29, 0.717) is 35.6 Å². The molecule has 2 heterocycles. The van der Waals surface area contributed by atoms with Crippen LogP contribution in [0.2, 0.25) is 5.02 Å². The Balaban J connectivity index is 0.000000215. The Morgan fingerprint density at radius 1 is 1.00 bits per heavy atom. The highest BCUT2D eigenvalue weighted by Crippen LogP contribution is 2.40. The zero-order valence-electron chi connectivity index (χ0n) is 24.9. The molecule has 0 aromatic heterocycles. The second-order valence-corrected chi connectivity index (χ2v) is 12.1. The number of piperidine rings is 1. The van der Waals surface area contributed by atoms with Crippen LogP contribution in [-0.4, -0.2) is 59.2 Å². The first-order valence-electron chi connectivity index (χ1n) is 14.5. The summed E-state index contributed by atoms with van der Waals surface area (Å²) in [5.41, 5.74) is 1.50. The number of carbonyl (C=O) groups is 2. The van der Waals surface area contributed by atoms with Crippen molar-refractivity contribution in [2.45, 2.75) is 63.6 Å². The van der Waals surface area contributed by atoms with Gasteiger partial charge in [0.1, 0.15) is 28.5 Å². The fraction of sp³-hybridized carbons (Fsp3) is 0.412. The number of nitrogens with zero attached hydrogens (tertiary/aromatic N) is 1. The summed E-state index contributed by atoms with van der Waals surface area (Å²) in [7, 11) is 1.49. The molecule has 43 heavy (non-hydrogen) atoms. The first kappa shape index (κ1) is 32.5. The van der Waals surface area contributed by atoms with E-state index in [1.165, 1.54) is 37.4 Å². The van der Waals surface area contributed by atoms with Gasteiger partial charge in [-0.3, -0.25) is 4.79 Å². The number of fused-ring (bicyclic) bond motifs is 1. The molecule has 3 aromatic rings. The summed E-state index contributed by atoms with van der Waals surface area (Å²) in [6.07, 6.45) is 4.16. The number of carboxylic acid groups (broad SMARTS) is 1. The van der Waals surface area contributed by atoms with E-state index in [-0.39, 0.29) is 22.8 Å². The molecule has 0 unspecified atom stereocenters. The van der Waals surface area contributed by atoms with Crippen molar-refractivity contribution in [3.05, 3.63) is 93.8 Å². The van der Waals surface area contributed by atoms with Crippen LogP contribution in [0.1, 0.15) is 77.8 Å². The number of aliphatic hydroxyl groups is 1. The van der Waals surface area contributed by atoms with E-state index in [9.17, 15) is 19.1 Å². The third-order valence-corrected chi connectivity index (χ3v) is 8.38. The van der Waals surface area contributed by atoms with Gasteiger partial charge < -0.3 is 24.6 Å². The zero-order chi connectivity index (χ0) is 31.2. The number of likely N-dealkylation sites (tertiary alicyclic amines) is 1. The molecule has 3 aromatic carbocycles. The van der Waals surface area contributed by atoms with E-state index in [2.05, 4.69) is 4.90 Å². The molecule has 1 saturated heterocycles. The molecule has 1 fully saturated rings. The van der Waals surface area contributed by atoms with Crippen molar-refractivity contribution in [1.29, 1.82) is 0 Å². The Labute approximate surface area is 257 Å². The van der Waals surface area contributed by atoms with E-state index in [1.54, 1.807) is 6.07 Å². The number of rotatable bonds is 8. The van der Waals surface area contributed by atoms with Gasteiger partial charge in [-0.15, -0.1) is 0 Å². The molecule has 2 aliphatic heterocycles. The van der Waals surface area contributed by atoms with E-state index in [0.717, 1.165) is 55.8 Å². The molecule has 5 rings (SSSR count). The minimum absolute atomic E-state index is 0.0414. The fourth-order valence-electron chi connectivity index (χ4n) is 5.56. The SMILES string of the molecule is COc1c(C(=O)O)ccc2c1CCC(C)(C)O2.O=C(CCCN1CCC(O)(c2ccc(Cl)cc2)CC1)c1ccc(F)cc1. The lowest BCUT2D eigenvalue weighted by atomic mass is 9.84. The van der Waals surface area contributed by atoms with Crippen molar-refractivity contribution in [3.8, 4) is 11.5 Å². The van der Waals surface area contributed by atoms with E-state index in [4.69, 9.17) is 26.2 Å². The van der Waals surface area contributed by atoms with Gasteiger partial charge in [0.05, 0.1) is 12.7 Å². The quantitative estimate of drug-likeness (QED) is 0.267. The lowest BCUT2D eigenvalue weighted by molar-refractivity contribution is -0.0260. The van der Waals surface area contributed by atoms with Gasteiger partial charge in [0.2, 0.25) is 0 Å². The second kappa shape index (κ2) is 13.9. The lowest BCUT2D eigenvalue weighted by Gasteiger charge is -2.38. The molecule has 0 spiro atoms. The van der Waals surface area contributed by atoms with E-state index >= 15 is 0 Å². The van der Waals surface area contributed by atoms with Crippen molar-refractivity contribution in [2.75, 3.05) is 26.7 Å². The van der Waals surface area contributed by atoms with Gasteiger partial charge in [0, 0.05) is 35.7 Å². The number of ether oxygens (including phenoxy) is 2. The van der Waals surface area contributed by atoms with Crippen LogP contribution >= 0.6 is 11.6 Å².